The fourth-order valence-electron chi connectivity index (χ4n) is 1.69. The lowest BCUT2D eigenvalue weighted by atomic mass is 10.1. The Morgan fingerprint density at radius 2 is 2.43 bits per heavy atom. The summed E-state index contributed by atoms with van der Waals surface area (Å²) in [5.74, 6) is 1.49. The maximum Gasteiger partial charge on any atom is 0.148 e. The van der Waals surface area contributed by atoms with Crippen molar-refractivity contribution in [2.24, 2.45) is 0 Å². The van der Waals surface area contributed by atoms with Crippen molar-refractivity contribution >= 4 is 5.82 Å². The Labute approximate surface area is 84.5 Å². The molecule has 0 saturated carbocycles. The van der Waals surface area contributed by atoms with E-state index in [2.05, 4.69) is 40.7 Å². The van der Waals surface area contributed by atoms with E-state index in [1.807, 2.05) is 0 Å². The van der Waals surface area contributed by atoms with Crippen LogP contribution in [0.3, 0.4) is 0 Å². The van der Waals surface area contributed by atoms with Gasteiger partial charge in [0.05, 0.1) is 0 Å². The molecule has 14 heavy (non-hydrogen) atoms. The lowest BCUT2D eigenvalue weighted by molar-refractivity contribution is 0.784. The molecule has 0 aliphatic carbocycles. The second-order valence-corrected chi connectivity index (χ2v) is 4.20. The molecule has 0 spiro atoms. The van der Waals surface area contributed by atoms with E-state index in [4.69, 9.17) is 0 Å². The Morgan fingerprint density at radius 1 is 1.57 bits per heavy atom. The van der Waals surface area contributed by atoms with Crippen LogP contribution in [0.15, 0.2) is 6.07 Å². The number of rotatable bonds is 3. The van der Waals surface area contributed by atoms with Gasteiger partial charge in [0.15, 0.2) is 0 Å². The summed E-state index contributed by atoms with van der Waals surface area (Å²) in [6.45, 7) is 6.48. The molecule has 0 aromatic carbocycles. The Hall–Kier alpha value is -1.03. The molecule has 2 rings (SSSR count). The minimum Gasteiger partial charge on any atom is -0.365 e. The summed E-state index contributed by atoms with van der Waals surface area (Å²) in [5.41, 5.74) is 1.19. The molecule has 1 aromatic heterocycles. The van der Waals surface area contributed by atoms with Crippen molar-refractivity contribution in [2.45, 2.75) is 32.2 Å². The van der Waals surface area contributed by atoms with E-state index in [1.165, 1.54) is 12.1 Å². The van der Waals surface area contributed by atoms with Crippen molar-refractivity contribution in [1.82, 2.24) is 15.5 Å². The first-order valence-corrected chi connectivity index (χ1v) is 5.28. The first kappa shape index (κ1) is 9.52. The molecule has 0 amide bonds. The second-order valence-electron chi connectivity index (χ2n) is 4.20. The molecule has 1 aliphatic rings. The van der Waals surface area contributed by atoms with Crippen LogP contribution < -0.4 is 10.6 Å². The standard InChI is InChI=1S/C10H18N4/c1-7(2)9-5-10(14-13-9)12-8-3-4-11-6-8/h5,7-8,11H,3-4,6H2,1-2H3,(H2,12,13,14). The van der Waals surface area contributed by atoms with Crippen LogP contribution >= 0.6 is 0 Å². The van der Waals surface area contributed by atoms with Crippen molar-refractivity contribution < 1.29 is 0 Å². The van der Waals surface area contributed by atoms with Crippen LogP contribution in [0.2, 0.25) is 0 Å². The van der Waals surface area contributed by atoms with E-state index in [0.717, 1.165) is 18.9 Å². The number of hydrogen-bond acceptors (Lipinski definition) is 3. The third-order valence-electron chi connectivity index (χ3n) is 2.63. The van der Waals surface area contributed by atoms with Crippen molar-refractivity contribution in [1.29, 1.82) is 0 Å². The zero-order chi connectivity index (χ0) is 9.97. The van der Waals surface area contributed by atoms with E-state index in [9.17, 15) is 0 Å². The molecule has 4 nitrogen and oxygen atoms in total. The van der Waals surface area contributed by atoms with Gasteiger partial charge in [0.1, 0.15) is 5.82 Å². The molecule has 3 N–H and O–H groups in total. The predicted molar refractivity (Wildman–Crippen MR) is 57.6 cm³/mol. The van der Waals surface area contributed by atoms with Crippen LogP contribution in [-0.2, 0) is 0 Å². The molecule has 0 radical (unpaired) electrons. The SMILES string of the molecule is CC(C)c1cc(NC2CCNC2)n[nH]1. The van der Waals surface area contributed by atoms with Crippen LogP contribution in [0.25, 0.3) is 0 Å². The number of nitrogens with zero attached hydrogens (tertiary/aromatic N) is 1. The van der Waals surface area contributed by atoms with E-state index < -0.39 is 0 Å². The third kappa shape index (κ3) is 2.07. The minimum atomic E-state index is 0.514. The maximum atomic E-state index is 4.24. The van der Waals surface area contributed by atoms with Gasteiger partial charge in [-0.15, -0.1) is 0 Å². The van der Waals surface area contributed by atoms with Gasteiger partial charge >= 0.3 is 0 Å². The minimum absolute atomic E-state index is 0.514. The highest BCUT2D eigenvalue weighted by molar-refractivity contribution is 5.37. The van der Waals surface area contributed by atoms with Crippen molar-refractivity contribution in [3.63, 3.8) is 0 Å². The first-order chi connectivity index (χ1) is 6.75. The normalized spacial score (nSPS) is 21.8. The molecule has 1 atom stereocenters. The van der Waals surface area contributed by atoms with Gasteiger partial charge in [0, 0.05) is 24.3 Å². The summed E-state index contributed by atoms with van der Waals surface area (Å²) >= 11 is 0. The Bertz CT molecular complexity index is 286. The fourth-order valence-corrected chi connectivity index (χ4v) is 1.69. The highest BCUT2D eigenvalue weighted by Crippen LogP contribution is 2.16. The number of aromatic nitrogens is 2. The van der Waals surface area contributed by atoms with Gasteiger partial charge in [-0.3, -0.25) is 5.10 Å². The summed E-state index contributed by atoms with van der Waals surface area (Å²) in [7, 11) is 0. The monoisotopic (exact) mass is 194 g/mol. The van der Waals surface area contributed by atoms with Crippen molar-refractivity contribution in [3.05, 3.63) is 11.8 Å². The smallest absolute Gasteiger partial charge is 0.148 e. The van der Waals surface area contributed by atoms with Crippen LogP contribution in [0.5, 0.6) is 0 Å². The molecule has 1 aromatic rings. The zero-order valence-corrected chi connectivity index (χ0v) is 8.80. The molecule has 0 bridgehead atoms. The van der Waals surface area contributed by atoms with Gasteiger partial charge in [-0.2, -0.15) is 5.10 Å². The Balaban J connectivity index is 1.95. The molecule has 1 saturated heterocycles. The predicted octanol–water partition coefficient (Wildman–Crippen LogP) is 1.31. The van der Waals surface area contributed by atoms with Crippen molar-refractivity contribution in [2.75, 3.05) is 18.4 Å². The summed E-state index contributed by atoms with van der Waals surface area (Å²) in [4.78, 5) is 0. The summed E-state index contributed by atoms with van der Waals surface area (Å²) in [6.07, 6.45) is 1.18. The largest absolute Gasteiger partial charge is 0.365 e. The number of hydrogen-bond donors (Lipinski definition) is 3. The zero-order valence-electron chi connectivity index (χ0n) is 8.80. The third-order valence-corrected chi connectivity index (χ3v) is 2.63. The maximum absolute atomic E-state index is 4.24. The van der Waals surface area contributed by atoms with Gasteiger partial charge in [0.2, 0.25) is 0 Å². The van der Waals surface area contributed by atoms with E-state index in [0.29, 0.717) is 12.0 Å². The van der Waals surface area contributed by atoms with Crippen LogP contribution in [0, 0.1) is 0 Å². The number of H-pyrrole nitrogens is 1. The van der Waals surface area contributed by atoms with E-state index in [-0.39, 0.29) is 0 Å². The van der Waals surface area contributed by atoms with Crippen LogP contribution in [-0.4, -0.2) is 29.3 Å². The molecule has 4 heteroatoms. The average molecular weight is 194 g/mol. The summed E-state index contributed by atoms with van der Waals surface area (Å²) in [5, 5.41) is 14.0. The molecule has 1 fully saturated rings. The molecule has 2 heterocycles. The number of anilines is 1. The number of aromatic amines is 1. The van der Waals surface area contributed by atoms with Gasteiger partial charge in [-0.1, -0.05) is 13.8 Å². The van der Waals surface area contributed by atoms with E-state index in [1.54, 1.807) is 0 Å². The lowest BCUT2D eigenvalue weighted by Crippen LogP contribution is -2.22. The molecule has 78 valence electrons. The quantitative estimate of drug-likeness (QED) is 0.680. The molecule has 1 aliphatic heterocycles. The van der Waals surface area contributed by atoms with E-state index >= 15 is 0 Å². The molecule has 1 unspecified atom stereocenters. The number of nitrogens with one attached hydrogen (secondary N) is 3. The molecular formula is C10H18N4. The first-order valence-electron chi connectivity index (χ1n) is 5.28. The van der Waals surface area contributed by atoms with Gasteiger partial charge < -0.3 is 10.6 Å². The second kappa shape index (κ2) is 4.00. The van der Waals surface area contributed by atoms with Crippen molar-refractivity contribution in [3.8, 4) is 0 Å². The highest BCUT2D eigenvalue weighted by atomic mass is 15.2. The Kier molecular flexibility index (Phi) is 2.72. The fraction of sp³-hybridized carbons (Fsp3) is 0.700. The van der Waals surface area contributed by atoms with Gasteiger partial charge in [-0.05, 0) is 18.9 Å². The summed E-state index contributed by atoms with van der Waals surface area (Å²) in [6, 6.07) is 2.64. The van der Waals surface area contributed by atoms with Crippen LogP contribution in [0.4, 0.5) is 5.82 Å². The topological polar surface area (TPSA) is 52.7 Å². The van der Waals surface area contributed by atoms with Gasteiger partial charge in [0.25, 0.3) is 0 Å². The lowest BCUT2D eigenvalue weighted by Gasteiger charge is -2.08. The Morgan fingerprint density at radius 3 is 3.00 bits per heavy atom. The van der Waals surface area contributed by atoms with Crippen LogP contribution in [0.1, 0.15) is 31.9 Å². The molecular weight excluding hydrogens is 176 g/mol. The average Bonchev–Trinajstić information content (AvgIpc) is 2.75. The van der Waals surface area contributed by atoms with Gasteiger partial charge in [-0.25, -0.2) is 0 Å². The highest BCUT2D eigenvalue weighted by Gasteiger charge is 2.15. The summed E-state index contributed by atoms with van der Waals surface area (Å²) < 4.78 is 0.